The van der Waals surface area contributed by atoms with E-state index in [0.29, 0.717) is 0 Å². The second-order valence-corrected chi connectivity index (χ2v) is 7.54. The Bertz CT molecular complexity index is 750. The minimum absolute atomic E-state index is 0.870. The minimum atomic E-state index is 0.870. The van der Waals surface area contributed by atoms with Gasteiger partial charge in [0, 0.05) is 56.9 Å². The summed E-state index contributed by atoms with van der Waals surface area (Å²) >= 11 is 0. The molecule has 27 heavy (non-hydrogen) atoms. The second-order valence-electron chi connectivity index (χ2n) is 7.54. The number of guanidine groups is 1. The number of aromatic amines is 1. The van der Waals surface area contributed by atoms with Crippen LogP contribution in [0.15, 0.2) is 29.4 Å². The smallest absolute Gasteiger partial charge is 0.191 e. The summed E-state index contributed by atoms with van der Waals surface area (Å²) in [4.78, 5) is 12.7. The molecule has 148 valence electrons. The molecule has 2 heterocycles. The largest absolute Gasteiger partial charge is 0.361 e. The van der Waals surface area contributed by atoms with Crippen LogP contribution >= 0.6 is 0 Å². The number of rotatable bonds is 6. The van der Waals surface area contributed by atoms with Gasteiger partial charge in [-0.25, -0.2) is 0 Å². The average molecular weight is 371 g/mol. The number of aromatic nitrogens is 1. The molecule has 3 rings (SSSR count). The highest BCUT2D eigenvalue weighted by Crippen LogP contribution is 2.19. The second kappa shape index (κ2) is 9.76. The van der Waals surface area contributed by atoms with Crippen molar-refractivity contribution in [3.05, 3.63) is 35.5 Å². The Morgan fingerprint density at radius 3 is 2.85 bits per heavy atom. The van der Waals surface area contributed by atoms with Crippen molar-refractivity contribution in [2.45, 2.75) is 19.8 Å². The fourth-order valence-electron chi connectivity index (χ4n) is 3.70. The molecule has 0 saturated carbocycles. The Morgan fingerprint density at radius 2 is 2.00 bits per heavy atom. The first kappa shape index (κ1) is 19.7. The van der Waals surface area contributed by atoms with Crippen LogP contribution in [0.5, 0.6) is 0 Å². The van der Waals surface area contributed by atoms with E-state index in [2.05, 4.69) is 68.8 Å². The third kappa shape index (κ3) is 5.71. The number of fused-ring (bicyclic) bond motifs is 1. The topological polar surface area (TPSA) is 58.7 Å². The van der Waals surface area contributed by atoms with Gasteiger partial charge in [0.25, 0.3) is 0 Å². The summed E-state index contributed by atoms with van der Waals surface area (Å²) in [6.45, 7) is 9.71. The number of hydrogen-bond donors (Lipinski definition) is 3. The number of aryl methyl sites for hydroxylation is 1. The van der Waals surface area contributed by atoms with E-state index in [1.165, 1.54) is 41.5 Å². The number of nitrogens with zero attached hydrogens (tertiary/aromatic N) is 3. The molecule has 3 N–H and O–H groups in total. The van der Waals surface area contributed by atoms with Crippen molar-refractivity contribution in [1.29, 1.82) is 0 Å². The first-order chi connectivity index (χ1) is 13.2. The van der Waals surface area contributed by atoms with Crippen LogP contribution in [-0.2, 0) is 6.42 Å². The number of aliphatic imine (C=N–C) groups is 1. The molecule has 0 bridgehead atoms. The average Bonchev–Trinajstić information content (AvgIpc) is 2.93. The van der Waals surface area contributed by atoms with E-state index in [4.69, 9.17) is 0 Å². The van der Waals surface area contributed by atoms with Crippen molar-refractivity contribution < 1.29 is 0 Å². The van der Waals surface area contributed by atoms with Crippen LogP contribution in [0.4, 0.5) is 0 Å². The van der Waals surface area contributed by atoms with Gasteiger partial charge in [0.2, 0.25) is 0 Å². The molecule has 0 amide bonds. The van der Waals surface area contributed by atoms with Gasteiger partial charge in [0.1, 0.15) is 0 Å². The zero-order chi connectivity index (χ0) is 19.1. The predicted octanol–water partition coefficient (Wildman–Crippen LogP) is 1.82. The molecule has 1 saturated heterocycles. The molecule has 1 aliphatic heterocycles. The number of benzene rings is 1. The third-order valence-corrected chi connectivity index (χ3v) is 5.37. The molecule has 6 nitrogen and oxygen atoms in total. The molecule has 0 unspecified atom stereocenters. The van der Waals surface area contributed by atoms with Crippen LogP contribution in [0.1, 0.15) is 17.5 Å². The number of likely N-dealkylation sites (N-methyl/N-ethyl adjacent to an activating group) is 1. The summed E-state index contributed by atoms with van der Waals surface area (Å²) in [6.07, 6.45) is 4.36. The Balaban J connectivity index is 1.40. The standard InChI is InChI=1S/C21H34N6/c1-17-5-6-19-18(16-25-20(19)15-17)7-8-23-21(22-2)24-9-12-27-11-4-10-26(3)13-14-27/h5-6,15-16,25H,4,7-14H2,1-3H3,(H2,22,23,24). The molecule has 0 spiro atoms. The number of nitrogens with one attached hydrogen (secondary N) is 3. The van der Waals surface area contributed by atoms with E-state index in [1.54, 1.807) is 0 Å². The maximum absolute atomic E-state index is 4.35. The SMILES string of the molecule is CN=C(NCCc1c[nH]c2cc(C)ccc12)NCCN1CCCN(C)CC1. The van der Waals surface area contributed by atoms with Gasteiger partial charge < -0.3 is 25.4 Å². The van der Waals surface area contributed by atoms with E-state index in [0.717, 1.165) is 45.1 Å². The zero-order valence-corrected chi connectivity index (χ0v) is 17.0. The molecular weight excluding hydrogens is 336 g/mol. The molecule has 2 aromatic rings. The van der Waals surface area contributed by atoms with Crippen LogP contribution < -0.4 is 10.6 Å². The number of H-pyrrole nitrogens is 1. The summed E-state index contributed by atoms with van der Waals surface area (Å²) in [5.41, 5.74) is 3.85. The van der Waals surface area contributed by atoms with Gasteiger partial charge in [0.05, 0.1) is 0 Å². The van der Waals surface area contributed by atoms with Gasteiger partial charge in [-0.15, -0.1) is 0 Å². The van der Waals surface area contributed by atoms with Crippen molar-refractivity contribution in [1.82, 2.24) is 25.4 Å². The first-order valence-electron chi connectivity index (χ1n) is 10.1. The predicted molar refractivity (Wildman–Crippen MR) is 115 cm³/mol. The van der Waals surface area contributed by atoms with E-state index < -0.39 is 0 Å². The number of hydrogen-bond acceptors (Lipinski definition) is 3. The highest BCUT2D eigenvalue weighted by molar-refractivity contribution is 5.84. The molecule has 0 radical (unpaired) electrons. The lowest BCUT2D eigenvalue weighted by Gasteiger charge is -2.21. The van der Waals surface area contributed by atoms with E-state index in [-0.39, 0.29) is 0 Å². The van der Waals surface area contributed by atoms with E-state index in [9.17, 15) is 0 Å². The lowest BCUT2D eigenvalue weighted by Crippen LogP contribution is -2.42. The van der Waals surface area contributed by atoms with Crippen molar-refractivity contribution in [2.24, 2.45) is 4.99 Å². The summed E-state index contributed by atoms with van der Waals surface area (Å²) < 4.78 is 0. The van der Waals surface area contributed by atoms with Crippen molar-refractivity contribution in [2.75, 3.05) is 59.9 Å². The lowest BCUT2D eigenvalue weighted by molar-refractivity contribution is 0.280. The van der Waals surface area contributed by atoms with Crippen LogP contribution in [0, 0.1) is 6.92 Å². The van der Waals surface area contributed by atoms with E-state index in [1.807, 2.05) is 7.05 Å². The molecule has 1 fully saturated rings. The summed E-state index contributed by atoms with van der Waals surface area (Å²) in [7, 11) is 4.05. The van der Waals surface area contributed by atoms with Gasteiger partial charge in [-0.2, -0.15) is 0 Å². The minimum Gasteiger partial charge on any atom is -0.361 e. The summed E-state index contributed by atoms with van der Waals surface area (Å²) in [6, 6.07) is 6.59. The van der Waals surface area contributed by atoms with Crippen molar-refractivity contribution in [3.63, 3.8) is 0 Å². The Labute approximate surface area is 163 Å². The fraction of sp³-hybridized carbons (Fsp3) is 0.571. The van der Waals surface area contributed by atoms with Crippen LogP contribution in [-0.4, -0.2) is 80.7 Å². The lowest BCUT2D eigenvalue weighted by atomic mass is 10.1. The normalized spacial score (nSPS) is 17.2. The molecule has 1 aliphatic rings. The Morgan fingerprint density at radius 1 is 1.15 bits per heavy atom. The van der Waals surface area contributed by atoms with Gasteiger partial charge in [-0.1, -0.05) is 12.1 Å². The Kier molecular flexibility index (Phi) is 7.12. The maximum Gasteiger partial charge on any atom is 0.191 e. The quantitative estimate of drug-likeness (QED) is 0.536. The van der Waals surface area contributed by atoms with Gasteiger partial charge in [-0.05, 0) is 57.1 Å². The molecular formula is C21H34N6. The molecule has 6 heteroatoms. The first-order valence-corrected chi connectivity index (χ1v) is 10.1. The van der Waals surface area contributed by atoms with Crippen LogP contribution in [0.25, 0.3) is 10.9 Å². The van der Waals surface area contributed by atoms with Crippen LogP contribution in [0.3, 0.4) is 0 Å². The molecule has 0 aliphatic carbocycles. The summed E-state index contributed by atoms with van der Waals surface area (Å²) in [5, 5.41) is 8.20. The monoisotopic (exact) mass is 370 g/mol. The summed E-state index contributed by atoms with van der Waals surface area (Å²) in [5.74, 6) is 0.887. The highest BCUT2D eigenvalue weighted by Gasteiger charge is 2.11. The zero-order valence-electron chi connectivity index (χ0n) is 17.0. The fourth-order valence-corrected chi connectivity index (χ4v) is 3.70. The highest BCUT2D eigenvalue weighted by atomic mass is 15.2. The van der Waals surface area contributed by atoms with Crippen LogP contribution in [0.2, 0.25) is 0 Å². The third-order valence-electron chi connectivity index (χ3n) is 5.37. The van der Waals surface area contributed by atoms with E-state index >= 15 is 0 Å². The van der Waals surface area contributed by atoms with Crippen molar-refractivity contribution in [3.8, 4) is 0 Å². The van der Waals surface area contributed by atoms with Crippen molar-refractivity contribution >= 4 is 16.9 Å². The van der Waals surface area contributed by atoms with Gasteiger partial charge >= 0.3 is 0 Å². The Hall–Kier alpha value is -2.05. The van der Waals surface area contributed by atoms with Gasteiger partial charge in [0.15, 0.2) is 5.96 Å². The maximum atomic E-state index is 4.35. The molecule has 1 aromatic heterocycles. The molecule has 0 atom stereocenters. The molecule has 1 aromatic carbocycles. The van der Waals surface area contributed by atoms with Gasteiger partial charge in [-0.3, -0.25) is 4.99 Å².